The van der Waals surface area contributed by atoms with Crippen LogP contribution < -0.4 is 5.32 Å². The van der Waals surface area contributed by atoms with Crippen LogP contribution in [0.5, 0.6) is 5.75 Å². The van der Waals surface area contributed by atoms with Gasteiger partial charge in [-0.1, -0.05) is 22.9 Å². The van der Waals surface area contributed by atoms with Crippen LogP contribution in [0.25, 0.3) is 0 Å². The second kappa shape index (κ2) is 6.46. The van der Waals surface area contributed by atoms with Crippen LogP contribution in [0.15, 0.2) is 22.7 Å². The number of hydrogen-bond donors (Lipinski definition) is 2. The SMILES string of the molecule is CCC(c1cc(Br)ccc1O)N1CCC(C)(NC)CC1. The summed E-state index contributed by atoms with van der Waals surface area (Å²) in [6.45, 7) is 6.63. The minimum Gasteiger partial charge on any atom is -0.508 e. The minimum absolute atomic E-state index is 0.258. The predicted octanol–water partition coefficient (Wildman–Crippen LogP) is 3.68. The number of benzene rings is 1. The first kappa shape index (κ1) is 15.8. The van der Waals surface area contributed by atoms with Gasteiger partial charge in [-0.2, -0.15) is 0 Å². The predicted molar refractivity (Wildman–Crippen MR) is 87.1 cm³/mol. The van der Waals surface area contributed by atoms with Crippen molar-refractivity contribution in [3.63, 3.8) is 0 Å². The Balaban J connectivity index is 2.15. The number of likely N-dealkylation sites (tertiary alicyclic amines) is 1. The van der Waals surface area contributed by atoms with E-state index < -0.39 is 0 Å². The number of halogens is 1. The van der Waals surface area contributed by atoms with E-state index in [0.29, 0.717) is 11.8 Å². The molecule has 2 rings (SSSR count). The lowest BCUT2D eigenvalue weighted by Crippen LogP contribution is -2.50. The van der Waals surface area contributed by atoms with Crippen molar-refractivity contribution in [1.29, 1.82) is 0 Å². The normalized spacial score (nSPS) is 20.8. The molecule has 2 N–H and O–H groups in total. The first-order valence-corrected chi connectivity index (χ1v) is 8.20. The van der Waals surface area contributed by atoms with Crippen molar-refractivity contribution < 1.29 is 5.11 Å². The van der Waals surface area contributed by atoms with Gasteiger partial charge in [0.25, 0.3) is 0 Å². The third kappa shape index (κ3) is 3.35. The number of phenols is 1. The smallest absolute Gasteiger partial charge is 0.120 e. The van der Waals surface area contributed by atoms with E-state index in [2.05, 4.69) is 46.1 Å². The maximum atomic E-state index is 10.2. The fraction of sp³-hybridized carbons (Fsp3) is 0.625. The van der Waals surface area contributed by atoms with E-state index in [1.165, 1.54) is 0 Å². The highest BCUT2D eigenvalue weighted by molar-refractivity contribution is 9.10. The number of nitrogens with one attached hydrogen (secondary N) is 1. The standard InChI is InChI=1S/C16H25BrN2O/c1-4-14(13-11-12(17)5-6-15(13)20)19-9-7-16(2,18-3)8-10-19/h5-6,11,14,18,20H,4,7-10H2,1-3H3. The van der Waals surface area contributed by atoms with Crippen molar-refractivity contribution in [3.8, 4) is 5.75 Å². The maximum Gasteiger partial charge on any atom is 0.120 e. The van der Waals surface area contributed by atoms with Crippen molar-refractivity contribution in [3.05, 3.63) is 28.2 Å². The molecule has 1 aromatic rings. The van der Waals surface area contributed by atoms with Crippen LogP contribution in [0.2, 0.25) is 0 Å². The van der Waals surface area contributed by atoms with E-state index in [0.717, 1.165) is 42.4 Å². The molecule has 4 heteroatoms. The van der Waals surface area contributed by atoms with Gasteiger partial charge in [0, 0.05) is 34.7 Å². The molecule has 1 fully saturated rings. The molecule has 0 aliphatic carbocycles. The summed E-state index contributed by atoms with van der Waals surface area (Å²) in [6.07, 6.45) is 3.31. The lowest BCUT2D eigenvalue weighted by Gasteiger charge is -2.42. The van der Waals surface area contributed by atoms with Crippen molar-refractivity contribution in [2.45, 2.75) is 44.7 Å². The zero-order valence-corrected chi connectivity index (χ0v) is 14.2. The molecule has 1 unspecified atom stereocenters. The molecular weight excluding hydrogens is 316 g/mol. The lowest BCUT2D eigenvalue weighted by atomic mass is 9.88. The molecule has 0 bridgehead atoms. The summed E-state index contributed by atoms with van der Waals surface area (Å²) in [5, 5.41) is 13.6. The number of phenolic OH excluding ortho intramolecular Hbond substituents is 1. The minimum atomic E-state index is 0.258. The summed E-state index contributed by atoms with van der Waals surface area (Å²) >= 11 is 3.51. The molecule has 1 aliphatic heterocycles. The highest BCUT2D eigenvalue weighted by Gasteiger charge is 2.32. The van der Waals surface area contributed by atoms with Crippen molar-refractivity contribution in [2.75, 3.05) is 20.1 Å². The second-order valence-corrected chi connectivity index (χ2v) is 6.89. The van der Waals surface area contributed by atoms with E-state index in [4.69, 9.17) is 0 Å². The van der Waals surface area contributed by atoms with Gasteiger partial charge in [-0.15, -0.1) is 0 Å². The van der Waals surface area contributed by atoms with Gasteiger partial charge in [-0.3, -0.25) is 4.90 Å². The Bertz CT molecular complexity index is 456. The first-order chi connectivity index (χ1) is 9.49. The van der Waals surface area contributed by atoms with Crippen LogP contribution in [0.1, 0.15) is 44.7 Å². The largest absolute Gasteiger partial charge is 0.508 e. The monoisotopic (exact) mass is 340 g/mol. The molecule has 1 aromatic carbocycles. The summed E-state index contributed by atoms with van der Waals surface area (Å²) in [6, 6.07) is 6.02. The number of piperidine rings is 1. The van der Waals surface area contributed by atoms with Gasteiger partial charge in [0.05, 0.1) is 0 Å². The van der Waals surface area contributed by atoms with Crippen LogP contribution >= 0.6 is 15.9 Å². The molecule has 20 heavy (non-hydrogen) atoms. The molecule has 0 spiro atoms. The highest BCUT2D eigenvalue weighted by atomic mass is 79.9. The summed E-state index contributed by atoms with van der Waals surface area (Å²) in [7, 11) is 2.05. The van der Waals surface area contributed by atoms with Gasteiger partial charge in [0.1, 0.15) is 5.75 Å². The summed E-state index contributed by atoms with van der Waals surface area (Å²) in [4.78, 5) is 2.50. The number of hydrogen-bond acceptors (Lipinski definition) is 3. The van der Waals surface area contributed by atoms with Crippen LogP contribution in [-0.2, 0) is 0 Å². The molecule has 1 saturated heterocycles. The lowest BCUT2D eigenvalue weighted by molar-refractivity contribution is 0.106. The van der Waals surface area contributed by atoms with Crippen molar-refractivity contribution in [2.24, 2.45) is 0 Å². The molecule has 1 heterocycles. The quantitative estimate of drug-likeness (QED) is 0.877. The molecule has 0 aromatic heterocycles. The molecule has 1 atom stereocenters. The van der Waals surface area contributed by atoms with Gasteiger partial charge < -0.3 is 10.4 Å². The first-order valence-electron chi connectivity index (χ1n) is 7.40. The Morgan fingerprint density at radius 1 is 1.40 bits per heavy atom. The van der Waals surface area contributed by atoms with Crippen LogP contribution in [0.3, 0.4) is 0 Å². The Hall–Kier alpha value is -0.580. The highest BCUT2D eigenvalue weighted by Crippen LogP contribution is 2.36. The fourth-order valence-electron chi connectivity index (χ4n) is 3.05. The Labute approximate surface area is 130 Å². The van der Waals surface area contributed by atoms with E-state index >= 15 is 0 Å². The van der Waals surface area contributed by atoms with Gasteiger partial charge in [0.2, 0.25) is 0 Å². The van der Waals surface area contributed by atoms with E-state index in [1.54, 1.807) is 6.07 Å². The fourth-order valence-corrected chi connectivity index (χ4v) is 3.43. The van der Waals surface area contributed by atoms with E-state index in [-0.39, 0.29) is 5.54 Å². The molecule has 0 radical (unpaired) electrons. The molecule has 0 saturated carbocycles. The molecular formula is C16H25BrN2O. The van der Waals surface area contributed by atoms with Gasteiger partial charge in [-0.05, 0) is 51.4 Å². The molecule has 1 aliphatic rings. The molecule has 0 amide bonds. The summed E-state index contributed by atoms with van der Waals surface area (Å²) in [5.74, 6) is 0.405. The van der Waals surface area contributed by atoms with Gasteiger partial charge in [-0.25, -0.2) is 0 Å². The Kier molecular flexibility index (Phi) is 5.10. The van der Waals surface area contributed by atoms with Gasteiger partial charge >= 0.3 is 0 Å². The van der Waals surface area contributed by atoms with Crippen molar-refractivity contribution in [1.82, 2.24) is 10.2 Å². The zero-order valence-electron chi connectivity index (χ0n) is 12.6. The topological polar surface area (TPSA) is 35.5 Å². The average molecular weight is 341 g/mol. The maximum absolute atomic E-state index is 10.2. The summed E-state index contributed by atoms with van der Waals surface area (Å²) in [5.41, 5.74) is 1.30. The van der Waals surface area contributed by atoms with Crippen LogP contribution in [0, 0.1) is 0 Å². The number of rotatable bonds is 4. The number of nitrogens with zero attached hydrogens (tertiary/aromatic N) is 1. The zero-order chi connectivity index (χ0) is 14.8. The van der Waals surface area contributed by atoms with Crippen molar-refractivity contribution >= 4 is 15.9 Å². The van der Waals surface area contributed by atoms with Gasteiger partial charge in [0.15, 0.2) is 0 Å². The Morgan fingerprint density at radius 2 is 2.05 bits per heavy atom. The Morgan fingerprint density at radius 3 is 2.60 bits per heavy atom. The third-order valence-corrected chi connectivity index (χ3v) is 5.17. The summed E-state index contributed by atoms with van der Waals surface area (Å²) < 4.78 is 1.03. The number of aromatic hydroxyl groups is 1. The van der Waals surface area contributed by atoms with E-state index in [9.17, 15) is 5.11 Å². The molecule has 3 nitrogen and oxygen atoms in total. The molecule has 112 valence electrons. The van der Waals surface area contributed by atoms with Crippen LogP contribution in [-0.4, -0.2) is 35.7 Å². The second-order valence-electron chi connectivity index (χ2n) is 5.97. The average Bonchev–Trinajstić information content (AvgIpc) is 2.45. The van der Waals surface area contributed by atoms with Crippen LogP contribution in [0.4, 0.5) is 0 Å². The third-order valence-electron chi connectivity index (χ3n) is 4.68. The van der Waals surface area contributed by atoms with E-state index in [1.807, 2.05) is 13.1 Å².